The molecule has 112 valence electrons. The van der Waals surface area contributed by atoms with Gasteiger partial charge in [-0.05, 0) is 30.3 Å². The van der Waals surface area contributed by atoms with Gasteiger partial charge in [-0.15, -0.1) is 0 Å². The Bertz CT molecular complexity index is 834. The lowest BCUT2D eigenvalue weighted by atomic mass is 10.2. The first-order valence-corrected chi connectivity index (χ1v) is 6.66. The fourth-order valence-electron chi connectivity index (χ4n) is 2.04. The van der Waals surface area contributed by atoms with Crippen molar-refractivity contribution in [1.82, 2.24) is 9.97 Å². The van der Waals surface area contributed by atoms with E-state index in [4.69, 9.17) is 16.3 Å². The standard InChI is InChI=1S/C15H10ClF2N3O/c1-22-9-2-3-13-10(6-9)15(20-7-19-13)21-14-11(17)4-8(16)5-12(14)18/h2-7H,1H3,(H,19,20,21). The molecule has 3 rings (SSSR count). The van der Waals surface area contributed by atoms with Crippen molar-refractivity contribution in [3.63, 3.8) is 0 Å². The molecule has 3 aromatic rings. The normalized spacial score (nSPS) is 10.7. The largest absolute Gasteiger partial charge is 0.497 e. The third kappa shape index (κ3) is 2.65. The van der Waals surface area contributed by atoms with Crippen LogP contribution in [0.4, 0.5) is 20.3 Å². The van der Waals surface area contributed by atoms with Crippen molar-refractivity contribution < 1.29 is 13.5 Å². The summed E-state index contributed by atoms with van der Waals surface area (Å²) in [6.07, 6.45) is 1.31. The number of anilines is 2. The van der Waals surface area contributed by atoms with Crippen molar-refractivity contribution in [2.24, 2.45) is 0 Å². The number of hydrogen-bond donors (Lipinski definition) is 1. The van der Waals surface area contributed by atoms with Crippen LogP contribution < -0.4 is 10.1 Å². The van der Waals surface area contributed by atoms with E-state index >= 15 is 0 Å². The number of aromatic nitrogens is 2. The summed E-state index contributed by atoms with van der Waals surface area (Å²) in [5.74, 6) is -0.759. The molecule has 22 heavy (non-hydrogen) atoms. The van der Waals surface area contributed by atoms with Crippen LogP contribution in [0, 0.1) is 11.6 Å². The highest BCUT2D eigenvalue weighted by atomic mass is 35.5. The van der Waals surface area contributed by atoms with Gasteiger partial charge in [0.05, 0.1) is 12.6 Å². The van der Waals surface area contributed by atoms with E-state index in [1.807, 2.05) is 0 Å². The third-order valence-corrected chi connectivity index (χ3v) is 3.31. The highest BCUT2D eigenvalue weighted by Gasteiger charge is 2.13. The molecular weight excluding hydrogens is 312 g/mol. The molecule has 0 aliphatic carbocycles. The zero-order valence-corrected chi connectivity index (χ0v) is 12.2. The molecule has 0 aliphatic heterocycles. The molecule has 1 heterocycles. The SMILES string of the molecule is COc1ccc2ncnc(Nc3c(F)cc(Cl)cc3F)c2c1. The lowest BCUT2D eigenvalue weighted by Gasteiger charge is -2.11. The number of fused-ring (bicyclic) bond motifs is 1. The summed E-state index contributed by atoms with van der Waals surface area (Å²) in [6, 6.07) is 7.20. The van der Waals surface area contributed by atoms with E-state index in [0.29, 0.717) is 16.7 Å². The third-order valence-electron chi connectivity index (χ3n) is 3.09. The molecular formula is C15H10ClF2N3O. The number of benzene rings is 2. The fraction of sp³-hybridized carbons (Fsp3) is 0.0667. The number of methoxy groups -OCH3 is 1. The molecule has 0 saturated carbocycles. The van der Waals surface area contributed by atoms with E-state index in [9.17, 15) is 8.78 Å². The summed E-state index contributed by atoms with van der Waals surface area (Å²) < 4.78 is 32.9. The monoisotopic (exact) mass is 321 g/mol. The molecule has 1 aromatic heterocycles. The summed E-state index contributed by atoms with van der Waals surface area (Å²) in [5, 5.41) is 3.21. The molecule has 0 saturated heterocycles. The van der Waals surface area contributed by atoms with Gasteiger partial charge in [0.15, 0.2) is 11.6 Å². The molecule has 0 spiro atoms. The first-order valence-electron chi connectivity index (χ1n) is 6.29. The number of nitrogens with zero attached hydrogens (tertiary/aromatic N) is 2. The first kappa shape index (κ1) is 14.5. The minimum atomic E-state index is -0.806. The van der Waals surface area contributed by atoms with Crippen LogP contribution in [-0.4, -0.2) is 17.1 Å². The highest BCUT2D eigenvalue weighted by molar-refractivity contribution is 6.30. The molecule has 0 amide bonds. The van der Waals surface area contributed by atoms with E-state index in [2.05, 4.69) is 15.3 Å². The van der Waals surface area contributed by atoms with Crippen molar-refractivity contribution >= 4 is 34.0 Å². The lowest BCUT2D eigenvalue weighted by Crippen LogP contribution is -2.01. The smallest absolute Gasteiger partial charge is 0.151 e. The number of ether oxygens (including phenoxy) is 1. The number of rotatable bonds is 3. The quantitative estimate of drug-likeness (QED) is 0.780. The van der Waals surface area contributed by atoms with Crippen LogP contribution >= 0.6 is 11.6 Å². The van der Waals surface area contributed by atoms with Crippen LogP contribution in [0.2, 0.25) is 5.02 Å². The Balaban J connectivity index is 2.11. The molecule has 1 N–H and O–H groups in total. The van der Waals surface area contributed by atoms with Crippen molar-refractivity contribution in [2.45, 2.75) is 0 Å². The van der Waals surface area contributed by atoms with Crippen LogP contribution in [0.25, 0.3) is 10.9 Å². The van der Waals surface area contributed by atoms with Gasteiger partial charge in [-0.25, -0.2) is 18.7 Å². The Morgan fingerprint density at radius 3 is 2.50 bits per heavy atom. The maximum absolute atomic E-state index is 13.9. The first-order chi connectivity index (χ1) is 10.6. The Labute approximate surface area is 129 Å². The maximum atomic E-state index is 13.9. The lowest BCUT2D eigenvalue weighted by molar-refractivity contribution is 0.415. The van der Waals surface area contributed by atoms with Gasteiger partial charge in [-0.2, -0.15) is 0 Å². The molecule has 0 radical (unpaired) electrons. The fourth-order valence-corrected chi connectivity index (χ4v) is 2.23. The van der Waals surface area contributed by atoms with Gasteiger partial charge in [0.1, 0.15) is 23.6 Å². The van der Waals surface area contributed by atoms with Gasteiger partial charge in [0, 0.05) is 10.4 Å². The molecule has 0 bridgehead atoms. The second-order valence-corrected chi connectivity index (χ2v) is 4.91. The Kier molecular flexibility index (Phi) is 3.77. The summed E-state index contributed by atoms with van der Waals surface area (Å²) >= 11 is 5.61. The van der Waals surface area contributed by atoms with E-state index in [1.54, 1.807) is 18.2 Å². The minimum absolute atomic E-state index is 0.0187. The molecule has 0 atom stereocenters. The van der Waals surface area contributed by atoms with E-state index in [0.717, 1.165) is 12.1 Å². The van der Waals surface area contributed by atoms with Crippen molar-refractivity contribution in [3.8, 4) is 5.75 Å². The molecule has 2 aromatic carbocycles. The van der Waals surface area contributed by atoms with Crippen LogP contribution in [0.15, 0.2) is 36.7 Å². The molecule has 0 aliphatic rings. The van der Waals surface area contributed by atoms with Crippen LogP contribution in [0.3, 0.4) is 0 Å². The zero-order chi connectivity index (χ0) is 15.7. The maximum Gasteiger partial charge on any atom is 0.151 e. The van der Waals surface area contributed by atoms with Crippen LogP contribution in [0.5, 0.6) is 5.75 Å². The van der Waals surface area contributed by atoms with Gasteiger partial charge in [0.25, 0.3) is 0 Å². The van der Waals surface area contributed by atoms with E-state index in [-0.39, 0.29) is 16.5 Å². The average molecular weight is 322 g/mol. The summed E-state index contributed by atoms with van der Waals surface area (Å²) in [7, 11) is 1.52. The number of nitrogens with one attached hydrogen (secondary N) is 1. The topological polar surface area (TPSA) is 47.0 Å². The summed E-state index contributed by atoms with van der Waals surface area (Å²) in [6.45, 7) is 0. The van der Waals surface area contributed by atoms with Gasteiger partial charge >= 0.3 is 0 Å². The highest BCUT2D eigenvalue weighted by Crippen LogP contribution is 2.30. The van der Waals surface area contributed by atoms with Crippen molar-refractivity contribution in [2.75, 3.05) is 12.4 Å². The molecule has 0 fully saturated rings. The predicted molar refractivity (Wildman–Crippen MR) is 80.7 cm³/mol. The van der Waals surface area contributed by atoms with Gasteiger partial charge < -0.3 is 10.1 Å². The Morgan fingerprint density at radius 2 is 1.82 bits per heavy atom. The number of hydrogen-bond acceptors (Lipinski definition) is 4. The van der Waals surface area contributed by atoms with Gasteiger partial charge in [-0.1, -0.05) is 11.6 Å². The van der Waals surface area contributed by atoms with Gasteiger partial charge in [-0.3, -0.25) is 0 Å². The van der Waals surface area contributed by atoms with Crippen LogP contribution in [-0.2, 0) is 0 Å². The van der Waals surface area contributed by atoms with E-state index in [1.165, 1.54) is 13.4 Å². The zero-order valence-electron chi connectivity index (χ0n) is 11.4. The van der Waals surface area contributed by atoms with Crippen LogP contribution in [0.1, 0.15) is 0 Å². The van der Waals surface area contributed by atoms with Crippen molar-refractivity contribution in [3.05, 3.63) is 53.3 Å². The van der Waals surface area contributed by atoms with Crippen molar-refractivity contribution in [1.29, 1.82) is 0 Å². The second-order valence-electron chi connectivity index (χ2n) is 4.47. The summed E-state index contributed by atoms with van der Waals surface area (Å²) in [4.78, 5) is 8.14. The Hall–Kier alpha value is -2.47. The van der Waals surface area contributed by atoms with E-state index < -0.39 is 11.6 Å². The average Bonchev–Trinajstić information content (AvgIpc) is 2.50. The molecule has 0 unspecified atom stereocenters. The molecule has 4 nitrogen and oxygen atoms in total. The molecule has 7 heteroatoms. The minimum Gasteiger partial charge on any atom is -0.497 e. The number of halogens is 3. The second kappa shape index (κ2) is 5.73. The predicted octanol–water partition coefficient (Wildman–Crippen LogP) is 4.31. The summed E-state index contributed by atoms with van der Waals surface area (Å²) in [5.41, 5.74) is 0.292. The Morgan fingerprint density at radius 1 is 1.09 bits per heavy atom. The van der Waals surface area contributed by atoms with Gasteiger partial charge in [0.2, 0.25) is 0 Å².